The number of hydrogen-bond donors (Lipinski definition) is 1. The SMILES string of the molecule is N#C[C@@H]1CCCN(C(=O)c2cnc(NC3(c4cncnc4)CC3)nc2)C1. The number of hydrogen-bond acceptors (Lipinski definition) is 7. The maximum atomic E-state index is 12.6. The molecule has 8 heteroatoms. The van der Waals surface area contributed by atoms with Crippen LogP contribution in [0.25, 0.3) is 0 Å². The largest absolute Gasteiger partial charge is 0.345 e. The predicted molar refractivity (Wildman–Crippen MR) is 92.8 cm³/mol. The number of anilines is 1. The number of aromatic nitrogens is 4. The summed E-state index contributed by atoms with van der Waals surface area (Å²) in [6, 6.07) is 2.25. The van der Waals surface area contributed by atoms with Gasteiger partial charge >= 0.3 is 0 Å². The Bertz CT molecular complexity index is 827. The van der Waals surface area contributed by atoms with E-state index in [-0.39, 0.29) is 17.4 Å². The smallest absolute Gasteiger partial charge is 0.257 e. The molecule has 0 radical (unpaired) electrons. The summed E-state index contributed by atoms with van der Waals surface area (Å²) in [7, 11) is 0. The van der Waals surface area contributed by atoms with Crippen molar-refractivity contribution in [2.24, 2.45) is 5.92 Å². The van der Waals surface area contributed by atoms with Crippen molar-refractivity contribution in [3.05, 3.63) is 42.2 Å². The van der Waals surface area contributed by atoms with E-state index in [2.05, 4.69) is 31.3 Å². The number of carbonyl (C=O) groups excluding carboxylic acids is 1. The minimum atomic E-state index is -0.209. The van der Waals surface area contributed by atoms with Crippen LogP contribution in [0.3, 0.4) is 0 Å². The van der Waals surface area contributed by atoms with Gasteiger partial charge in [0.25, 0.3) is 5.91 Å². The number of likely N-dealkylation sites (tertiary alicyclic amines) is 1. The van der Waals surface area contributed by atoms with Crippen molar-refractivity contribution in [1.29, 1.82) is 5.26 Å². The molecular weight excluding hydrogens is 330 g/mol. The Kier molecular flexibility index (Phi) is 4.21. The van der Waals surface area contributed by atoms with Gasteiger partial charge in [0.2, 0.25) is 5.95 Å². The summed E-state index contributed by atoms with van der Waals surface area (Å²) in [5, 5.41) is 12.4. The van der Waals surface area contributed by atoms with E-state index in [0.717, 1.165) is 31.2 Å². The van der Waals surface area contributed by atoms with Gasteiger partial charge in [-0.3, -0.25) is 4.79 Å². The molecule has 1 aliphatic heterocycles. The van der Waals surface area contributed by atoms with Crippen LogP contribution < -0.4 is 5.32 Å². The highest BCUT2D eigenvalue weighted by atomic mass is 16.2. The second-order valence-electron chi connectivity index (χ2n) is 6.85. The molecule has 26 heavy (non-hydrogen) atoms. The van der Waals surface area contributed by atoms with Crippen LogP contribution in [0.5, 0.6) is 0 Å². The Morgan fingerprint density at radius 3 is 2.62 bits per heavy atom. The molecule has 1 aliphatic carbocycles. The van der Waals surface area contributed by atoms with Gasteiger partial charge in [0, 0.05) is 43.4 Å². The maximum Gasteiger partial charge on any atom is 0.257 e. The zero-order valence-electron chi connectivity index (χ0n) is 14.3. The number of amides is 1. The minimum Gasteiger partial charge on any atom is -0.345 e. The lowest BCUT2D eigenvalue weighted by Crippen LogP contribution is -2.39. The summed E-state index contributed by atoms with van der Waals surface area (Å²) < 4.78 is 0. The third-order valence-electron chi connectivity index (χ3n) is 5.00. The first kappa shape index (κ1) is 16.4. The van der Waals surface area contributed by atoms with E-state index in [1.807, 2.05) is 0 Å². The Labute approximate surface area is 151 Å². The quantitative estimate of drug-likeness (QED) is 0.895. The van der Waals surface area contributed by atoms with Gasteiger partial charge in [-0.15, -0.1) is 0 Å². The number of nitrogens with zero attached hydrogens (tertiary/aromatic N) is 6. The molecule has 2 aromatic rings. The zero-order chi connectivity index (χ0) is 18.0. The minimum absolute atomic E-state index is 0.0858. The monoisotopic (exact) mass is 349 g/mol. The topological polar surface area (TPSA) is 108 Å². The molecular formula is C18H19N7O. The standard InChI is InChI=1S/C18H19N7O/c19-6-13-2-1-5-25(11-13)16(26)14-7-22-17(23-8-14)24-18(3-4-18)15-9-20-12-21-10-15/h7-10,12-13H,1-5,11H2,(H,22,23,24)/t13-/m0/s1. The summed E-state index contributed by atoms with van der Waals surface area (Å²) >= 11 is 0. The molecule has 3 heterocycles. The number of piperidine rings is 1. The van der Waals surface area contributed by atoms with Gasteiger partial charge in [0.05, 0.1) is 23.1 Å². The molecule has 2 fully saturated rings. The third kappa shape index (κ3) is 3.20. The number of nitrogens with one attached hydrogen (secondary N) is 1. The molecule has 1 atom stereocenters. The van der Waals surface area contributed by atoms with E-state index < -0.39 is 0 Å². The Morgan fingerprint density at radius 1 is 1.23 bits per heavy atom. The first-order chi connectivity index (χ1) is 12.7. The second-order valence-corrected chi connectivity index (χ2v) is 6.85. The number of rotatable bonds is 4. The molecule has 4 rings (SSSR count). The molecule has 1 saturated heterocycles. The summed E-state index contributed by atoms with van der Waals surface area (Å²) in [6.07, 6.45) is 11.8. The third-order valence-corrected chi connectivity index (χ3v) is 5.00. The molecule has 1 amide bonds. The van der Waals surface area contributed by atoms with Gasteiger partial charge in [0.1, 0.15) is 6.33 Å². The Morgan fingerprint density at radius 2 is 1.96 bits per heavy atom. The summed E-state index contributed by atoms with van der Waals surface area (Å²) in [4.78, 5) is 31.1. The van der Waals surface area contributed by atoms with Gasteiger partial charge in [-0.05, 0) is 25.7 Å². The molecule has 0 aromatic carbocycles. The number of carbonyl (C=O) groups is 1. The lowest BCUT2D eigenvalue weighted by atomic mass is 9.99. The second kappa shape index (κ2) is 6.67. The lowest BCUT2D eigenvalue weighted by molar-refractivity contribution is 0.0698. The van der Waals surface area contributed by atoms with Crippen molar-refractivity contribution in [2.45, 2.75) is 31.2 Å². The van der Waals surface area contributed by atoms with Gasteiger partial charge in [-0.1, -0.05) is 0 Å². The highest BCUT2D eigenvalue weighted by molar-refractivity contribution is 5.93. The average molecular weight is 349 g/mol. The molecule has 1 N–H and O–H groups in total. The molecule has 2 aliphatic rings. The van der Waals surface area contributed by atoms with Gasteiger partial charge < -0.3 is 10.2 Å². The van der Waals surface area contributed by atoms with Crippen LogP contribution in [0.2, 0.25) is 0 Å². The summed E-state index contributed by atoms with van der Waals surface area (Å²) in [5.41, 5.74) is 1.25. The molecule has 132 valence electrons. The number of nitriles is 1. The van der Waals surface area contributed by atoms with E-state index in [0.29, 0.717) is 24.6 Å². The fraction of sp³-hybridized carbons (Fsp3) is 0.444. The molecule has 8 nitrogen and oxygen atoms in total. The summed E-state index contributed by atoms with van der Waals surface area (Å²) in [5.74, 6) is 0.280. The molecule has 0 unspecified atom stereocenters. The highest BCUT2D eigenvalue weighted by Gasteiger charge is 2.45. The lowest BCUT2D eigenvalue weighted by Gasteiger charge is -2.29. The van der Waals surface area contributed by atoms with E-state index in [9.17, 15) is 4.79 Å². The van der Waals surface area contributed by atoms with Crippen LogP contribution >= 0.6 is 0 Å². The van der Waals surface area contributed by atoms with Crippen molar-refractivity contribution in [2.75, 3.05) is 18.4 Å². The molecule has 1 saturated carbocycles. The predicted octanol–water partition coefficient (Wildman–Crippen LogP) is 1.74. The molecule has 0 spiro atoms. The average Bonchev–Trinajstić information content (AvgIpc) is 3.49. The Hall–Kier alpha value is -3.08. The van der Waals surface area contributed by atoms with Crippen molar-refractivity contribution < 1.29 is 4.79 Å². The van der Waals surface area contributed by atoms with Gasteiger partial charge in [-0.25, -0.2) is 19.9 Å². The normalized spacial score (nSPS) is 20.9. The van der Waals surface area contributed by atoms with E-state index in [1.165, 1.54) is 6.33 Å². The van der Waals surface area contributed by atoms with Crippen LogP contribution in [0.1, 0.15) is 41.6 Å². The van der Waals surface area contributed by atoms with Crippen LogP contribution in [0, 0.1) is 17.2 Å². The zero-order valence-corrected chi connectivity index (χ0v) is 14.3. The molecule has 0 bridgehead atoms. The van der Waals surface area contributed by atoms with Crippen molar-refractivity contribution in [3.8, 4) is 6.07 Å². The fourth-order valence-electron chi connectivity index (χ4n) is 3.32. The van der Waals surface area contributed by atoms with Crippen LogP contribution in [-0.4, -0.2) is 43.8 Å². The van der Waals surface area contributed by atoms with E-state index in [1.54, 1.807) is 29.7 Å². The van der Waals surface area contributed by atoms with E-state index in [4.69, 9.17) is 5.26 Å². The first-order valence-electron chi connectivity index (χ1n) is 8.75. The van der Waals surface area contributed by atoms with Crippen molar-refractivity contribution in [1.82, 2.24) is 24.8 Å². The maximum absolute atomic E-state index is 12.6. The van der Waals surface area contributed by atoms with Gasteiger partial charge in [-0.2, -0.15) is 5.26 Å². The first-order valence-corrected chi connectivity index (χ1v) is 8.75. The van der Waals surface area contributed by atoms with Crippen LogP contribution in [0.15, 0.2) is 31.1 Å². The van der Waals surface area contributed by atoms with Crippen LogP contribution in [0.4, 0.5) is 5.95 Å². The van der Waals surface area contributed by atoms with E-state index >= 15 is 0 Å². The Balaban J connectivity index is 1.44. The molecule has 2 aromatic heterocycles. The van der Waals surface area contributed by atoms with Crippen molar-refractivity contribution in [3.63, 3.8) is 0 Å². The van der Waals surface area contributed by atoms with Gasteiger partial charge in [0.15, 0.2) is 0 Å². The van der Waals surface area contributed by atoms with Crippen molar-refractivity contribution >= 4 is 11.9 Å². The fourth-order valence-corrected chi connectivity index (χ4v) is 3.32. The summed E-state index contributed by atoms with van der Waals surface area (Å²) in [6.45, 7) is 1.15. The van der Waals surface area contributed by atoms with Crippen LogP contribution in [-0.2, 0) is 5.54 Å². The highest BCUT2D eigenvalue weighted by Crippen LogP contribution is 2.47.